The van der Waals surface area contributed by atoms with Crippen molar-refractivity contribution in [1.29, 1.82) is 0 Å². The topological polar surface area (TPSA) is 55.5 Å². The Hall–Kier alpha value is -1.06. The van der Waals surface area contributed by atoms with Gasteiger partial charge in [-0.3, -0.25) is 0 Å². The van der Waals surface area contributed by atoms with E-state index in [1.165, 1.54) is 5.56 Å². The number of nitrogens with two attached hydrogens (primary N) is 1. The fraction of sp³-hybridized carbons (Fsp3) is 0.667. The van der Waals surface area contributed by atoms with Crippen LogP contribution in [0.25, 0.3) is 0 Å². The third kappa shape index (κ3) is 6.96. The first-order valence-electron chi connectivity index (χ1n) is 8.31. The molecule has 1 aromatic rings. The van der Waals surface area contributed by atoms with Gasteiger partial charge in [-0.1, -0.05) is 38.8 Å². The number of hydrogen-bond acceptors (Lipinski definition) is 3. The molecule has 0 saturated carbocycles. The zero-order valence-corrected chi connectivity index (χ0v) is 13.6. The van der Waals surface area contributed by atoms with Gasteiger partial charge in [0.2, 0.25) is 0 Å². The summed E-state index contributed by atoms with van der Waals surface area (Å²) in [6, 6.07) is 8.10. The van der Waals surface area contributed by atoms with Gasteiger partial charge in [0.25, 0.3) is 0 Å². The van der Waals surface area contributed by atoms with Crippen LogP contribution in [-0.4, -0.2) is 24.4 Å². The molecular weight excluding hydrogens is 262 g/mol. The number of aliphatic hydroxyl groups excluding tert-OH is 1. The summed E-state index contributed by atoms with van der Waals surface area (Å²) < 4.78 is 5.78. The number of aliphatic hydroxyl groups is 1. The van der Waals surface area contributed by atoms with Crippen molar-refractivity contribution in [1.82, 2.24) is 0 Å². The summed E-state index contributed by atoms with van der Waals surface area (Å²) in [5.41, 5.74) is 6.78. The number of hydrogen-bond donors (Lipinski definition) is 2. The monoisotopic (exact) mass is 293 g/mol. The molecule has 0 aromatic heterocycles. The van der Waals surface area contributed by atoms with Gasteiger partial charge in [-0.2, -0.15) is 0 Å². The third-order valence-electron chi connectivity index (χ3n) is 3.85. The normalized spacial score (nSPS) is 12.6. The van der Waals surface area contributed by atoms with E-state index in [2.05, 4.69) is 26.0 Å². The van der Waals surface area contributed by atoms with Crippen molar-refractivity contribution < 1.29 is 9.84 Å². The average molecular weight is 293 g/mol. The first-order chi connectivity index (χ1) is 10.2. The highest BCUT2D eigenvalue weighted by Crippen LogP contribution is 2.20. The van der Waals surface area contributed by atoms with Crippen LogP contribution in [0.15, 0.2) is 24.3 Å². The van der Waals surface area contributed by atoms with E-state index in [1.807, 2.05) is 12.1 Å². The van der Waals surface area contributed by atoms with Crippen LogP contribution in [0.3, 0.4) is 0 Å². The highest BCUT2D eigenvalue weighted by molar-refractivity contribution is 5.28. The van der Waals surface area contributed by atoms with Crippen molar-refractivity contribution in [3.05, 3.63) is 29.8 Å². The van der Waals surface area contributed by atoms with Crippen molar-refractivity contribution in [2.45, 2.75) is 58.5 Å². The van der Waals surface area contributed by atoms with Crippen molar-refractivity contribution in [3.63, 3.8) is 0 Å². The Morgan fingerprint density at radius 2 is 1.90 bits per heavy atom. The Bertz CT molecular complexity index is 375. The van der Waals surface area contributed by atoms with Gasteiger partial charge < -0.3 is 15.6 Å². The van der Waals surface area contributed by atoms with Crippen LogP contribution in [0, 0.1) is 5.92 Å². The minimum absolute atomic E-state index is 0.348. The summed E-state index contributed by atoms with van der Waals surface area (Å²) in [6.07, 6.45) is 5.93. The lowest BCUT2D eigenvalue weighted by Crippen LogP contribution is -2.27. The van der Waals surface area contributed by atoms with E-state index >= 15 is 0 Å². The molecule has 3 heteroatoms. The lowest BCUT2D eigenvalue weighted by Gasteiger charge is -2.22. The molecule has 0 aliphatic heterocycles. The van der Waals surface area contributed by atoms with Crippen molar-refractivity contribution in [2.75, 3.05) is 13.2 Å². The molecule has 1 aromatic carbocycles. The summed E-state index contributed by atoms with van der Waals surface area (Å²) in [7, 11) is 0. The number of benzene rings is 1. The minimum Gasteiger partial charge on any atom is -0.491 e. The Kier molecular flexibility index (Phi) is 9.11. The zero-order valence-electron chi connectivity index (χ0n) is 13.6. The molecule has 0 saturated heterocycles. The van der Waals surface area contributed by atoms with Gasteiger partial charge in [0.15, 0.2) is 0 Å². The molecule has 1 atom stereocenters. The molecule has 1 rings (SSSR count). The molecule has 0 aliphatic carbocycles. The Balaban J connectivity index is 2.49. The van der Waals surface area contributed by atoms with Gasteiger partial charge >= 0.3 is 0 Å². The maximum Gasteiger partial charge on any atom is 0.119 e. The molecule has 120 valence electrons. The van der Waals surface area contributed by atoms with Crippen LogP contribution in [-0.2, 0) is 6.42 Å². The van der Waals surface area contributed by atoms with E-state index in [4.69, 9.17) is 10.5 Å². The number of rotatable bonds is 11. The van der Waals surface area contributed by atoms with E-state index in [0.717, 1.165) is 44.3 Å². The largest absolute Gasteiger partial charge is 0.491 e. The van der Waals surface area contributed by atoms with Crippen LogP contribution >= 0.6 is 0 Å². The summed E-state index contributed by atoms with van der Waals surface area (Å²) in [5.74, 6) is 1.19. The van der Waals surface area contributed by atoms with E-state index < -0.39 is 0 Å². The molecule has 0 amide bonds. The molecule has 1 unspecified atom stereocenters. The fourth-order valence-corrected chi connectivity index (χ4v) is 2.69. The van der Waals surface area contributed by atoms with Gasteiger partial charge in [0.05, 0.1) is 6.10 Å². The maximum absolute atomic E-state index is 10.3. The predicted octanol–water partition coefficient (Wildman–Crippen LogP) is 3.53. The van der Waals surface area contributed by atoms with E-state index in [9.17, 15) is 5.11 Å². The zero-order chi connectivity index (χ0) is 15.5. The van der Waals surface area contributed by atoms with Crippen LogP contribution in [0.1, 0.15) is 51.5 Å². The molecule has 0 aliphatic rings. The molecule has 0 spiro atoms. The molecule has 0 fully saturated rings. The summed E-state index contributed by atoms with van der Waals surface area (Å²) >= 11 is 0. The van der Waals surface area contributed by atoms with Crippen LogP contribution in [0.4, 0.5) is 0 Å². The molecule has 3 N–H and O–H groups in total. The SMILES string of the molecule is CCCC(CCC)C(O)COc1cccc(CCCN)c1. The molecule has 0 radical (unpaired) electrons. The van der Waals surface area contributed by atoms with Gasteiger partial charge in [-0.15, -0.1) is 0 Å². The van der Waals surface area contributed by atoms with Gasteiger partial charge in [0.1, 0.15) is 12.4 Å². The predicted molar refractivity (Wildman–Crippen MR) is 88.6 cm³/mol. The van der Waals surface area contributed by atoms with Gasteiger partial charge in [-0.25, -0.2) is 0 Å². The molecule has 0 heterocycles. The van der Waals surface area contributed by atoms with Gasteiger partial charge in [-0.05, 0) is 55.8 Å². The van der Waals surface area contributed by atoms with E-state index in [-0.39, 0.29) is 6.10 Å². The quantitative estimate of drug-likeness (QED) is 0.656. The molecular formula is C18H31NO2. The van der Waals surface area contributed by atoms with E-state index in [0.29, 0.717) is 19.1 Å². The first-order valence-corrected chi connectivity index (χ1v) is 8.31. The van der Waals surface area contributed by atoms with Crippen LogP contribution in [0.5, 0.6) is 5.75 Å². The average Bonchev–Trinajstić information content (AvgIpc) is 2.51. The summed E-state index contributed by atoms with van der Waals surface area (Å²) in [6.45, 7) is 5.42. The van der Waals surface area contributed by atoms with Crippen LogP contribution < -0.4 is 10.5 Å². The van der Waals surface area contributed by atoms with Crippen molar-refractivity contribution in [3.8, 4) is 5.75 Å². The van der Waals surface area contributed by atoms with Gasteiger partial charge in [0, 0.05) is 0 Å². The Labute approximate surface area is 129 Å². The molecule has 0 bridgehead atoms. The van der Waals surface area contributed by atoms with Crippen LogP contribution in [0.2, 0.25) is 0 Å². The third-order valence-corrected chi connectivity index (χ3v) is 3.85. The minimum atomic E-state index is -0.377. The molecule has 3 nitrogen and oxygen atoms in total. The van der Waals surface area contributed by atoms with Crippen molar-refractivity contribution in [2.24, 2.45) is 11.7 Å². The first kappa shape index (κ1) is 18.0. The highest BCUT2D eigenvalue weighted by Gasteiger charge is 2.18. The smallest absolute Gasteiger partial charge is 0.119 e. The molecule has 21 heavy (non-hydrogen) atoms. The lowest BCUT2D eigenvalue weighted by molar-refractivity contribution is 0.0490. The standard InChI is InChI=1S/C18H31NO2/c1-3-7-16(8-4-2)18(20)14-21-17-11-5-9-15(13-17)10-6-12-19/h5,9,11,13,16,18,20H,3-4,6-8,10,12,14,19H2,1-2H3. The number of ether oxygens (including phenoxy) is 1. The fourth-order valence-electron chi connectivity index (χ4n) is 2.69. The van der Waals surface area contributed by atoms with Crippen molar-refractivity contribution >= 4 is 0 Å². The highest BCUT2D eigenvalue weighted by atomic mass is 16.5. The lowest BCUT2D eigenvalue weighted by atomic mass is 9.93. The van der Waals surface area contributed by atoms with E-state index in [1.54, 1.807) is 0 Å². The second-order valence-electron chi connectivity index (χ2n) is 5.76. The Morgan fingerprint density at radius 3 is 2.52 bits per heavy atom. The maximum atomic E-state index is 10.3. The summed E-state index contributed by atoms with van der Waals surface area (Å²) in [5, 5.41) is 10.3. The second-order valence-corrected chi connectivity index (χ2v) is 5.76. The second kappa shape index (κ2) is 10.6. The Morgan fingerprint density at radius 1 is 1.19 bits per heavy atom. The number of aryl methyl sites for hydroxylation is 1. The summed E-state index contributed by atoms with van der Waals surface area (Å²) in [4.78, 5) is 0.